The number of aliphatic imine (C=N–C) groups is 3. The number of nitrogens with zero attached hydrogens (tertiary/aromatic N) is 5. The Hall–Kier alpha value is -9.71. The van der Waals surface area contributed by atoms with E-state index in [1.165, 1.54) is 59.7 Å². The Kier molecular flexibility index (Phi) is 10.0. The third-order valence-corrected chi connectivity index (χ3v) is 14.6. The van der Waals surface area contributed by atoms with Crippen LogP contribution in [0.2, 0.25) is 0 Å². The highest BCUT2D eigenvalue weighted by Crippen LogP contribution is 2.44. The maximum atomic E-state index is 5.44. The van der Waals surface area contributed by atoms with E-state index < -0.39 is 0 Å². The Bertz CT molecular complexity index is 4580. The molecule has 73 heavy (non-hydrogen) atoms. The zero-order valence-electron chi connectivity index (χ0n) is 39.8. The van der Waals surface area contributed by atoms with Gasteiger partial charge in [0.2, 0.25) is 0 Å². The molecule has 0 unspecified atom stereocenters. The fourth-order valence-electron chi connectivity index (χ4n) is 11.4. The molecule has 0 amide bonds. The molecule has 14 rings (SSSR count). The molecule has 0 aliphatic carbocycles. The molecule has 12 aromatic carbocycles. The third-order valence-electron chi connectivity index (χ3n) is 14.6. The fourth-order valence-corrected chi connectivity index (χ4v) is 11.4. The summed E-state index contributed by atoms with van der Waals surface area (Å²) in [4.78, 5) is 15.4. The molecule has 0 aliphatic rings. The Labute approximate surface area is 421 Å². The molecule has 0 atom stereocenters. The van der Waals surface area contributed by atoms with Crippen LogP contribution in [0.4, 0.5) is 0 Å². The summed E-state index contributed by atoms with van der Waals surface area (Å²) in [7, 11) is 0. The van der Waals surface area contributed by atoms with Crippen LogP contribution in [0.5, 0.6) is 0 Å². The molecular weight excluding hydrogens is 887 g/mol. The van der Waals surface area contributed by atoms with Crippen LogP contribution < -0.4 is 0 Å². The molecule has 0 bridgehead atoms. The first-order valence-electron chi connectivity index (χ1n) is 24.8. The number of hydrogen-bond donors (Lipinski definition) is 0. The summed E-state index contributed by atoms with van der Waals surface area (Å²) < 4.78 is 4.83. The van der Waals surface area contributed by atoms with E-state index in [0.29, 0.717) is 18.2 Å². The number of fused-ring (bicyclic) bond motifs is 14. The van der Waals surface area contributed by atoms with Crippen LogP contribution in [0, 0.1) is 0 Å². The van der Waals surface area contributed by atoms with Crippen molar-refractivity contribution in [1.29, 1.82) is 0 Å². The predicted molar refractivity (Wildman–Crippen MR) is 310 cm³/mol. The van der Waals surface area contributed by atoms with Gasteiger partial charge in [-0.3, -0.25) is 4.99 Å². The summed E-state index contributed by atoms with van der Waals surface area (Å²) in [5.74, 6) is 1.09. The lowest BCUT2D eigenvalue weighted by Crippen LogP contribution is -2.08. The largest absolute Gasteiger partial charge is 0.309 e. The molecule has 5 heteroatoms. The molecule has 0 spiro atoms. The summed E-state index contributed by atoms with van der Waals surface area (Å²) in [5, 5.41) is 14.1. The normalized spacial score (nSPS) is 12.4. The van der Waals surface area contributed by atoms with E-state index in [4.69, 9.17) is 9.98 Å². The van der Waals surface area contributed by atoms with Crippen molar-refractivity contribution in [1.82, 2.24) is 9.13 Å². The lowest BCUT2D eigenvalue weighted by atomic mass is 9.90. The highest BCUT2D eigenvalue weighted by Gasteiger charge is 2.22. The summed E-state index contributed by atoms with van der Waals surface area (Å²) in [6.45, 7) is 4.47. The maximum absolute atomic E-state index is 5.44. The van der Waals surface area contributed by atoms with Gasteiger partial charge < -0.3 is 9.13 Å². The van der Waals surface area contributed by atoms with Gasteiger partial charge in [-0.15, -0.1) is 0 Å². The van der Waals surface area contributed by atoms with Gasteiger partial charge in [0.1, 0.15) is 0 Å². The van der Waals surface area contributed by atoms with Crippen molar-refractivity contribution in [3.8, 4) is 22.5 Å². The summed E-state index contributed by atoms with van der Waals surface area (Å²) in [6.07, 6.45) is 0. The molecule has 342 valence electrons. The summed E-state index contributed by atoms with van der Waals surface area (Å²) in [6, 6.07) is 89.3. The van der Waals surface area contributed by atoms with Crippen LogP contribution in [0.15, 0.2) is 264 Å². The molecule has 5 nitrogen and oxygen atoms in total. The molecular formula is C68H45N5. The van der Waals surface area contributed by atoms with Gasteiger partial charge in [0.05, 0.1) is 28.6 Å². The van der Waals surface area contributed by atoms with E-state index in [-0.39, 0.29) is 0 Å². The third kappa shape index (κ3) is 6.97. The Morgan fingerprint density at radius 3 is 1.62 bits per heavy atom. The Morgan fingerprint density at radius 1 is 0.356 bits per heavy atom. The van der Waals surface area contributed by atoms with Gasteiger partial charge in [0.15, 0.2) is 11.7 Å². The number of amidine groups is 2. The number of benzene rings is 12. The van der Waals surface area contributed by atoms with E-state index in [1.807, 2.05) is 36.4 Å². The lowest BCUT2D eigenvalue weighted by Gasteiger charge is -2.18. The smallest absolute Gasteiger partial charge is 0.161 e. The van der Waals surface area contributed by atoms with Gasteiger partial charge in [-0.25, -0.2) is 9.98 Å². The SMILES string of the molecule is C=N/C(=N\C(=N/Cc1ccccc1)c1cc(-n2c3ccc(-c4ccc5c(c4)c4ccccc4n5-c4ccccc4)cc3c3c4ccccc4ccc32)cc2c3ccccc3c3ccccc3c12)c1ccccc1. The highest BCUT2D eigenvalue weighted by atomic mass is 15.0. The van der Waals surface area contributed by atoms with Crippen molar-refractivity contribution < 1.29 is 0 Å². The van der Waals surface area contributed by atoms with Gasteiger partial charge >= 0.3 is 0 Å². The van der Waals surface area contributed by atoms with Crippen LogP contribution in [0.25, 0.3) is 109 Å². The Morgan fingerprint density at radius 2 is 0.890 bits per heavy atom. The maximum Gasteiger partial charge on any atom is 0.161 e. The van der Waals surface area contributed by atoms with E-state index in [0.717, 1.165) is 66.2 Å². The van der Waals surface area contributed by atoms with Crippen LogP contribution in [0.1, 0.15) is 16.7 Å². The standard InChI is InChI=1S/C68H45N5/c1-69-67(46-22-7-3-8-23-46)71-68(70-43-44-19-5-2-6-20-44)60-42-50(41-58-54-29-14-13-27-52(54)53-28-15-16-31-56(53)65(58)60)73-63-37-35-48(40-59(63)66-51-26-12-11-21-45(51)33-38-64(66)73)47-34-36-62-57(39-47)55-30-17-18-32-61(55)72(62)49-24-9-4-10-25-49/h2-42H,1,43H2/b70-68-,71-67-. The second-order valence-electron chi connectivity index (χ2n) is 18.8. The summed E-state index contributed by atoms with van der Waals surface area (Å²) in [5.41, 5.74) is 12.0. The number of rotatable bonds is 7. The lowest BCUT2D eigenvalue weighted by molar-refractivity contribution is 1.06. The zero-order valence-corrected chi connectivity index (χ0v) is 39.8. The van der Waals surface area contributed by atoms with Crippen LogP contribution in [0.3, 0.4) is 0 Å². The van der Waals surface area contributed by atoms with Crippen molar-refractivity contribution in [2.45, 2.75) is 6.54 Å². The first-order chi connectivity index (χ1) is 36.2. The van der Waals surface area contributed by atoms with Crippen molar-refractivity contribution in [2.75, 3.05) is 0 Å². The van der Waals surface area contributed by atoms with E-state index in [1.54, 1.807) is 0 Å². The first kappa shape index (κ1) is 42.2. The molecule has 0 saturated heterocycles. The van der Waals surface area contributed by atoms with Crippen LogP contribution >= 0.6 is 0 Å². The molecule has 0 fully saturated rings. The van der Waals surface area contributed by atoms with Gasteiger partial charge in [-0.05, 0) is 122 Å². The van der Waals surface area contributed by atoms with Gasteiger partial charge in [0.25, 0.3) is 0 Å². The predicted octanol–water partition coefficient (Wildman–Crippen LogP) is 17.3. The second kappa shape index (κ2) is 17.3. The van der Waals surface area contributed by atoms with Gasteiger partial charge in [0, 0.05) is 49.4 Å². The van der Waals surface area contributed by atoms with E-state index >= 15 is 0 Å². The second-order valence-corrected chi connectivity index (χ2v) is 18.8. The number of hydrogen-bond acceptors (Lipinski definition) is 1. The van der Waals surface area contributed by atoms with Crippen LogP contribution in [-0.2, 0) is 6.54 Å². The molecule has 0 radical (unpaired) electrons. The quantitative estimate of drug-likeness (QED) is 0.0869. The van der Waals surface area contributed by atoms with Crippen molar-refractivity contribution in [2.24, 2.45) is 15.0 Å². The monoisotopic (exact) mass is 931 g/mol. The molecule has 2 heterocycles. The molecule has 2 aromatic heterocycles. The minimum absolute atomic E-state index is 0.429. The Balaban J connectivity index is 1.06. The molecule has 0 saturated carbocycles. The van der Waals surface area contributed by atoms with Crippen molar-refractivity contribution in [3.63, 3.8) is 0 Å². The highest BCUT2D eigenvalue weighted by molar-refractivity contribution is 6.31. The molecule has 0 aliphatic heterocycles. The summed E-state index contributed by atoms with van der Waals surface area (Å²) >= 11 is 0. The van der Waals surface area contributed by atoms with E-state index in [2.05, 4.69) is 233 Å². The average Bonchev–Trinajstić information content (AvgIpc) is 3.98. The minimum Gasteiger partial charge on any atom is -0.309 e. The number of aromatic nitrogens is 2. The molecule has 14 aromatic rings. The average molecular weight is 932 g/mol. The minimum atomic E-state index is 0.429. The zero-order chi connectivity index (χ0) is 48.4. The molecule has 0 N–H and O–H groups in total. The van der Waals surface area contributed by atoms with Crippen molar-refractivity contribution in [3.05, 3.63) is 265 Å². The van der Waals surface area contributed by atoms with E-state index in [9.17, 15) is 0 Å². The number of para-hydroxylation sites is 2. The van der Waals surface area contributed by atoms with Gasteiger partial charge in [-0.1, -0.05) is 188 Å². The first-order valence-corrected chi connectivity index (χ1v) is 24.8. The fraction of sp³-hybridized carbons (Fsp3) is 0.0147. The van der Waals surface area contributed by atoms with Gasteiger partial charge in [-0.2, -0.15) is 0 Å². The van der Waals surface area contributed by atoms with Crippen molar-refractivity contribution >= 4 is 105 Å². The van der Waals surface area contributed by atoms with Crippen LogP contribution in [-0.4, -0.2) is 27.5 Å². The topological polar surface area (TPSA) is 46.9 Å².